The number of carbonyl (C=O) groups is 1. The number of hydrogen-bond donors (Lipinski definition) is 0. The zero-order valence-corrected chi connectivity index (χ0v) is 10.4. The van der Waals surface area contributed by atoms with Gasteiger partial charge in [0, 0.05) is 19.7 Å². The number of carbonyl (C=O) groups excluding carboxylic acids is 1. The van der Waals surface area contributed by atoms with Crippen molar-refractivity contribution in [1.82, 2.24) is 4.90 Å². The van der Waals surface area contributed by atoms with Gasteiger partial charge in [0.25, 0.3) is 0 Å². The zero-order chi connectivity index (χ0) is 11.5. The van der Waals surface area contributed by atoms with Crippen LogP contribution in [-0.4, -0.2) is 36.6 Å². The molecule has 0 spiro atoms. The third kappa shape index (κ3) is 2.76. The number of amides is 1. The molecule has 3 heteroatoms. The van der Waals surface area contributed by atoms with E-state index < -0.39 is 0 Å². The van der Waals surface area contributed by atoms with Gasteiger partial charge in [-0.25, -0.2) is 0 Å². The third-order valence-corrected chi connectivity index (χ3v) is 3.95. The fourth-order valence-corrected chi connectivity index (χ4v) is 2.69. The highest BCUT2D eigenvalue weighted by Gasteiger charge is 2.29. The maximum absolute atomic E-state index is 12.0. The highest BCUT2D eigenvalue weighted by molar-refractivity contribution is 5.77. The Labute approximate surface area is 98.1 Å². The van der Waals surface area contributed by atoms with Gasteiger partial charge in [0.05, 0.1) is 12.5 Å². The molecule has 0 N–H and O–H groups in total. The van der Waals surface area contributed by atoms with Crippen LogP contribution in [0.2, 0.25) is 0 Å². The van der Waals surface area contributed by atoms with Crippen molar-refractivity contribution in [1.29, 1.82) is 0 Å². The summed E-state index contributed by atoms with van der Waals surface area (Å²) in [5.74, 6) is 1.70. The van der Waals surface area contributed by atoms with E-state index in [2.05, 4.69) is 13.8 Å². The highest BCUT2D eigenvalue weighted by Crippen LogP contribution is 2.25. The number of rotatable bonds is 3. The summed E-state index contributed by atoms with van der Waals surface area (Å²) in [7, 11) is 0. The molecule has 2 heterocycles. The van der Waals surface area contributed by atoms with E-state index in [1.165, 1.54) is 6.42 Å². The highest BCUT2D eigenvalue weighted by atomic mass is 16.5. The van der Waals surface area contributed by atoms with E-state index in [0.717, 1.165) is 32.5 Å². The smallest absolute Gasteiger partial charge is 0.225 e. The summed E-state index contributed by atoms with van der Waals surface area (Å²) in [6.07, 6.45) is 4.16. The van der Waals surface area contributed by atoms with Crippen LogP contribution >= 0.6 is 0 Å². The lowest BCUT2D eigenvalue weighted by Crippen LogP contribution is -2.31. The first-order valence-electron chi connectivity index (χ1n) is 6.56. The molecule has 0 radical (unpaired) electrons. The van der Waals surface area contributed by atoms with Crippen molar-refractivity contribution in [3.8, 4) is 0 Å². The first kappa shape index (κ1) is 11.9. The van der Waals surface area contributed by atoms with E-state index in [1.54, 1.807) is 0 Å². The van der Waals surface area contributed by atoms with Crippen LogP contribution in [0.15, 0.2) is 0 Å². The summed E-state index contributed by atoms with van der Waals surface area (Å²) in [6.45, 7) is 7.25. The molecule has 1 unspecified atom stereocenters. The minimum atomic E-state index is 0.200. The number of hydrogen-bond acceptors (Lipinski definition) is 2. The zero-order valence-electron chi connectivity index (χ0n) is 10.4. The van der Waals surface area contributed by atoms with Crippen molar-refractivity contribution < 1.29 is 9.53 Å². The molecular weight excluding hydrogens is 202 g/mol. The molecule has 3 nitrogen and oxygen atoms in total. The molecule has 2 atom stereocenters. The number of nitrogens with zero attached hydrogens (tertiary/aromatic N) is 1. The van der Waals surface area contributed by atoms with Crippen LogP contribution in [0.1, 0.15) is 39.5 Å². The predicted molar refractivity (Wildman–Crippen MR) is 63.1 cm³/mol. The Morgan fingerprint density at radius 1 is 1.44 bits per heavy atom. The Hall–Kier alpha value is -0.570. The predicted octanol–water partition coefficient (Wildman–Crippen LogP) is 2.06. The molecule has 2 aliphatic heterocycles. The summed E-state index contributed by atoms with van der Waals surface area (Å²) < 4.78 is 5.51. The topological polar surface area (TPSA) is 29.5 Å². The van der Waals surface area contributed by atoms with Gasteiger partial charge in [0.2, 0.25) is 5.91 Å². The summed E-state index contributed by atoms with van der Waals surface area (Å²) in [5.41, 5.74) is 0. The SMILES string of the molecule is CC(C)C1CCN(C(=O)C[C@@H]2CCCO2)C1. The van der Waals surface area contributed by atoms with E-state index >= 15 is 0 Å². The molecule has 2 aliphatic rings. The van der Waals surface area contributed by atoms with E-state index in [9.17, 15) is 4.79 Å². The summed E-state index contributed by atoms with van der Waals surface area (Å²) >= 11 is 0. The van der Waals surface area contributed by atoms with E-state index in [0.29, 0.717) is 24.2 Å². The summed E-state index contributed by atoms with van der Waals surface area (Å²) in [5, 5.41) is 0. The molecule has 0 aliphatic carbocycles. The third-order valence-electron chi connectivity index (χ3n) is 3.95. The Balaban J connectivity index is 1.77. The standard InChI is InChI=1S/C13H23NO2/c1-10(2)11-5-6-14(9-11)13(15)8-12-4-3-7-16-12/h10-12H,3-9H2,1-2H3/t11?,12-/m0/s1. The van der Waals surface area contributed by atoms with Gasteiger partial charge >= 0.3 is 0 Å². The lowest BCUT2D eigenvalue weighted by atomic mass is 9.95. The second-order valence-corrected chi connectivity index (χ2v) is 5.47. The van der Waals surface area contributed by atoms with Crippen LogP contribution in [0.25, 0.3) is 0 Å². The maximum Gasteiger partial charge on any atom is 0.225 e. The Kier molecular flexibility index (Phi) is 3.85. The maximum atomic E-state index is 12.0. The van der Waals surface area contributed by atoms with Gasteiger partial charge in [-0.2, -0.15) is 0 Å². The average molecular weight is 225 g/mol. The van der Waals surface area contributed by atoms with Gasteiger partial charge in [-0.1, -0.05) is 13.8 Å². The van der Waals surface area contributed by atoms with Gasteiger partial charge in [-0.05, 0) is 31.1 Å². The molecule has 2 fully saturated rings. The molecule has 0 aromatic carbocycles. The van der Waals surface area contributed by atoms with Crippen molar-refractivity contribution in [2.24, 2.45) is 11.8 Å². The molecule has 0 saturated carbocycles. The van der Waals surface area contributed by atoms with Crippen molar-refractivity contribution in [2.75, 3.05) is 19.7 Å². The van der Waals surface area contributed by atoms with Crippen molar-refractivity contribution in [3.05, 3.63) is 0 Å². The molecule has 1 amide bonds. The van der Waals surface area contributed by atoms with Crippen LogP contribution in [0.4, 0.5) is 0 Å². The van der Waals surface area contributed by atoms with Crippen molar-refractivity contribution in [3.63, 3.8) is 0 Å². The van der Waals surface area contributed by atoms with E-state index in [1.807, 2.05) is 4.90 Å². The van der Waals surface area contributed by atoms with Gasteiger partial charge in [-0.3, -0.25) is 4.79 Å². The average Bonchev–Trinajstić information content (AvgIpc) is 2.86. The van der Waals surface area contributed by atoms with Gasteiger partial charge in [-0.15, -0.1) is 0 Å². The fraction of sp³-hybridized carbons (Fsp3) is 0.923. The minimum Gasteiger partial charge on any atom is -0.378 e. The number of likely N-dealkylation sites (tertiary alicyclic amines) is 1. The fourth-order valence-electron chi connectivity index (χ4n) is 2.69. The molecule has 0 aromatic heterocycles. The van der Waals surface area contributed by atoms with Crippen LogP contribution < -0.4 is 0 Å². The van der Waals surface area contributed by atoms with Crippen molar-refractivity contribution >= 4 is 5.91 Å². The van der Waals surface area contributed by atoms with Gasteiger partial charge < -0.3 is 9.64 Å². The number of ether oxygens (including phenoxy) is 1. The molecule has 92 valence electrons. The second-order valence-electron chi connectivity index (χ2n) is 5.47. The minimum absolute atomic E-state index is 0.200. The largest absolute Gasteiger partial charge is 0.378 e. The molecule has 0 aromatic rings. The van der Waals surface area contributed by atoms with Gasteiger partial charge in [0.1, 0.15) is 0 Å². The lowest BCUT2D eigenvalue weighted by molar-refractivity contribution is -0.132. The monoisotopic (exact) mass is 225 g/mol. The van der Waals surface area contributed by atoms with Crippen LogP contribution in [0.5, 0.6) is 0 Å². The Morgan fingerprint density at radius 3 is 2.81 bits per heavy atom. The molecule has 2 rings (SSSR count). The van der Waals surface area contributed by atoms with Crippen LogP contribution in [0.3, 0.4) is 0 Å². The first-order chi connectivity index (χ1) is 7.66. The van der Waals surface area contributed by atoms with E-state index in [4.69, 9.17) is 4.74 Å². The lowest BCUT2D eigenvalue weighted by Gasteiger charge is -2.19. The normalized spacial score (nSPS) is 30.3. The summed E-state index contributed by atoms with van der Waals surface area (Å²) in [6, 6.07) is 0. The molecular formula is C13H23NO2. The Morgan fingerprint density at radius 2 is 2.25 bits per heavy atom. The van der Waals surface area contributed by atoms with E-state index in [-0.39, 0.29) is 6.10 Å². The first-order valence-corrected chi connectivity index (χ1v) is 6.56. The summed E-state index contributed by atoms with van der Waals surface area (Å²) in [4.78, 5) is 14.0. The second kappa shape index (κ2) is 5.17. The van der Waals surface area contributed by atoms with Crippen molar-refractivity contribution in [2.45, 2.75) is 45.6 Å². The van der Waals surface area contributed by atoms with Crippen LogP contribution in [0, 0.1) is 11.8 Å². The molecule has 2 saturated heterocycles. The molecule has 16 heavy (non-hydrogen) atoms. The Bertz CT molecular complexity index is 246. The van der Waals surface area contributed by atoms with Crippen LogP contribution in [-0.2, 0) is 9.53 Å². The molecule has 0 bridgehead atoms. The quantitative estimate of drug-likeness (QED) is 0.736. The van der Waals surface area contributed by atoms with Gasteiger partial charge in [0.15, 0.2) is 0 Å².